The molecule has 0 aliphatic heterocycles. The van der Waals surface area contributed by atoms with Crippen LogP contribution < -0.4 is 5.32 Å². The summed E-state index contributed by atoms with van der Waals surface area (Å²) in [7, 11) is 2.88. The molecule has 1 heterocycles. The van der Waals surface area contributed by atoms with Crippen molar-refractivity contribution in [1.29, 1.82) is 0 Å². The molecule has 0 fully saturated rings. The van der Waals surface area contributed by atoms with Gasteiger partial charge in [0.05, 0.1) is 18.6 Å². The predicted molar refractivity (Wildman–Crippen MR) is 139 cm³/mol. The van der Waals surface area contributed by atoms with E-state index in [2.05, 4.69) is 10.3 Å². The zero-order chi connectivity index (χ0) is 27.5. The molecule has 1 aromatic heterocycles. The molecule has 2 atom stereocenters. The van der Waals surface area contributed by atoms with Gasteiger partial charge in [0.15, 0.2) is 0 Å². The quantitative estimate of drug-likeness (QED) is 0.379. The first kappa shape index (κ1) is 28.0. The molecular weight excluding hydrogens is 489 g/mol. The van der Waals surface area contributed by atoms with Crippen LogP contribution in [0.25, 0.3) is 0 Å². The number of ether oxygens (including phenoxy) is 2. The second-order valence-corrected chi connectivity index (χ2v) is 8.65. The predicted octanol–water partition coefficient (Wildman–Crippen LogP) is 4.98. The molecule has 0 bridgehead atoms. The highest BCUT2D eigenvalue weighted by Crippen LogP contribution is 2.26. The zero-order valence-corrected chi connectivity index (χ0v) is 21.5. The minimum absolute atomic E-state index is 0.0000314. The van der Waals surface area contributed by atoms with Crippen LogP contribution in [0.15, 0.2) is 91.0 Å². The summed E-state index contributed by atoms with van der Waals surface area (Å²) in [5.41, 5.74) is 2.23. The summed E-state index contributed by atoms with van der Waals surface area (Å²) in [6, 6.07) is 17.4. The minimum atomic E-state index is -1.25. The van der Waals surface area contributed by atoms with Gasteiger partial charge >= 0.3 is 12.1 Å². The number of pyridine rings is 1. The SMILES string of the molecule is COC(=O)c1ccc(C(NC(=O)OCc2ccccc2)/C(F)=C/[C@@H](C)C(=O)N(C)Cc2cccnc2)cc1. The minimum Gasteiger partial charge on any atom is -0.465 e. The largest absolute Gasteiger partial charge is 0.465 e. The van der Waals surface area contributed by atoms with Crippen molar-refractivity contribution in [2.24, 2.45) is 5.92 Å². The fourth-order valence-corrected chi connectivity index (χ4v) is 3.72. The van der Waals surface area contributed by atoms with Gasteiger partial charge < -0.3 is 19.7 Å². The number of benzene rings is 2. The van der Waals surface area contributed by atoms with Crippen LogP contribution in [0.5, 0.6) is 0 Å². The van der Waals surface area contributed by atoms with E-state index in [9.17, 15) is 14.4 Å². The molecule has 1 unspecified atom stereocenters. The molecule has 198 valence electrons. The highest BCUT2D eigenvalue weighted by Gasteiger charge is 2.24. The van der Waals surface area contributed by atoms with Crippen LogP contribution in [0.3, 0.4) is 0 Å². The Morgan fingerprint density at radius 2 is 1.71 bits per heavy atom. The Balaban J connectivity index is 1.77. The summed E-state index contributed by atoms with van der Waals surface area (Å²) in [5.74, 6) is -2.43. The fourth-order valence-electron chi connectivity index (χ4n) is 3.72. The van der Waals surface area contributed by atoms with Crippen LogP contribution in [-0.2, 0) is 27.4 Å². The van der Waals surface area contributed by atoms with Crippen molar-refractivity contribution in [3.63, 3.8) is 0 Å². The van der Waals surface area contributed by atoms with Gasteiger partial charge in [-0.1, -0.05) is 48.5 Å². The van der Waals surface area contributed by atoms with Gasteiger partial charge in [-0.3, -0.25) is 9.78 Å². The summed E-state index contributed by atoms with van der Waals surface area (Å²) in [6.07, 6.45) is 3.62. The van der Waals surface area contributed by atoms with E-state index in [4.69, 9.17) is 9.47 Å². The molecule has 38 heavy (non-hydrogen) atoms. The second kappa shape index (κ2) is 13.7. The van der Waals surface area contributed by atoms with Crippen LogP contribution >= 0.6 is 0 Å². The maximum Gasteiger partial charge on any atom is 0.408 e. The molecule has 0 spiro atoms. The normalized spacial score (nSPS) is 12.7. The van der Waals surface area contributed by atoms with Crippen molar-refractivity contribution in [2.45, 2.75) is 26.1 Å². The third-order valence-corrected chi connectivity index (χ3v) is 5.73. The number of carbonyl (C=O) groups is 3. The van der Waals surface area contributed by atoms with Gasteiger partial charge in [0.1, 0.15) is 18.5 Å². The van der Waals surface area contributed by atoms with E-state index in [0.29, 0.717) is 12.1 Å². The molecule has 8 nitrogen and oxygen atoms in total. The summed E-state index contributed by atoms with van der Waals surface area (Å²) < 4.78 is 25.6. The number of amides is 2. The Bertz CT molecular complexity index is 1250. The third-order valence-electron chi connectivity index (χ3n) is 5.73. The Morgan fingerprint density at radius 3 is 2.34 bits per heavy atom. The summed E-state index contributed by atoms with van der Waals surface area (Å²) >= 11 is 0. The third kappa shape index (κ3) is 7.99. The van der Waals surface area contributed by atoms with Crippen LogP contribution in [0.4, 0.5) is 9.18 Å². The Labute approximate surface area is 221 Å². The fraction of sp³-hybridized carbons (Fsp3) is 0.241. The number of alkyl carbamates (subject to hydrolysis) is 1. The van der Waals surface area contributed by atoms with Crippen LogP contribution in [0.1, 0.15) is 40.0 Å². The van der Waals surface area contributed by atoms with E-state index in [0.717, 1.165) is 11.1 Å². The van der Waals surface area contributed by atoms with Gasteiger partial charge in [0, 0.05) is 26.0 Å². The van der Waals surface area contributed by atoms with Gasteiger partial charge in [-0.25, -0.2) is 14.0 Å². The molecule has 0 saturated heterocycles. The molecule has 2 amide bonds. The molecule has 0 radical (unpaired) electrons. The van der Waals surface area contributed by atoms with Gasteiger partial charge in [-0.2, -0.15) is 0 Å². The molecule has 2 aromatic carbocycles. The summed E-state index contributed by atoms with van der Waals surface area (Å²) in [6.45, 7) is 1.89. The van der Waals surface area contributed by atoms with Crippen molar-refractivity contribution < 1.29 is 28.2 Å². The van der Waals surface area contributed by atoms with E-state index in [1.54, 1.807) is 44.6 Å². The van der Waals surface area contributed by atoms with E-state index < -0.39 is 29.8 Å². The van der Waals surface area contributed by atoms with Crippen LogP contribution in [0.2, 0.25) is 0 Å². The van der Waals surface area contributed by atoms with Crippen molar-refractivity contribution in [1.82, 2.24) is 15.2 Å². The Kier molecular flexibility index (Phi) is 10.1. The Hall–Kier alpha value is -4.53. The van der Waals surface area contributed by atoms with Crippen LogP contribution in [-0.4, -0.2) is 42.0 Å². The van der Waals surface area contributed by atoms with E-state index in [1.165, 1.54) is 42.4 Å². The molecule has 3 rings (SSSR count). The van der Waals surface area contributed by atoms with Gasteiger partial charge in [0.2, 0.25) is 5.91 Å². The van der Waals surface area contributed by atoms with Crippen molar-refractivity contribution >= 4 is 18.0 Å². The molecule has 0 aliphatic rings. The maximum atomic E-state index is 15.6. The number of halogens is 1. The lowest BCUT2D eigenvalue weighted by molar-refractivity contribution is -0.132. The Morgan fingerprint density at radius 1 is 1.03 bits per heavy atom. The number of rotatable bonds is 10. The number of carbonyl (C=O) groups excluding carboxylic acids is 3. The van der Waals surface area contributed by atoms with Gasteiger partial charge in [0.25, 0.3) is 0 Å². The molecular formula is C29H30FN3O5. The molecule has 1 N–H and O–H groups in total. The lowest BCUT2D eigenvalue weighted by Gasteiger charge is -2.22. The van der Waals surface area contributed by atoms with Gasteiger partial charge in [-0.15, -0.1) is 0 Å². The first-order valence-corrected chi connectivity index (χ1v) is 11.9. The average Bonchev–Trinajstić information content (AvgIpc) is 2.95. The van der Waals surface area contributed by atoms with Crippen molar-refractivity contribution in [3.8, 4) is 0 Å². The number of nitrogens with one attached hydrogen (secondary N) is 1. The lowest BCUT2D eigenvalue weighted by atomic mass is 10.0. The first-order valence-electron chi connectivity index (χ1n) is 11.9. The molecule has 0 aliphatic carbocycles. The van der Waals surface area contributed by atoms with E-state index in [-0.39, 0.29) is 18.1 Å². The standard InChI is InChI=1S/C29H30FN3O5/c1-20(27(34)33(2)18-22-10-7-15-31-17-22)16-25(30)26(23-11-13-24(14-12-23)28(35)37-3)32-29(36)38-19-21-8-5-4-6-9-21/h4-17,20,26H,18-19H2,1-3H3,(H,32,36)/b25-16-/t20-,26?/m1/s1. The number of esters is 1. The maximum absolute atomic E-state index is 15.6. The van der Waals surface area contributed by atoms with Crippen LogP contribution in [0, 0.1) is 5.92 Å². The number of nitrogens with zero attached hydrogens (tertiary/aromatic N) is 2. The molecule has 9 heteroatoms. The average molecular weight is 520 g/mol. The highest BCUT2D eigenvalue weighted by molar-refractivity contribution is 5.89. The topological polar surface area (TPSA) is 97.8 Å². The molecule has 0 saturated carbocycles. The number of methoxy groups -OCH3 is 1. The summed E-state index contributed by atoms with van der Waals surface area (Å²) in [4.78, 5) is 42.8. The number of hydrogen-bond acceptors (Lipinski definition) is 6. The number of hydrogen-bond donors (Lipinski definition) is 1. The first-order chi connectivity index (χ1) is 18.3. The monoisotopic (exact) mass is 519 g/mol. The van der Waals surface area contributed by atoms with Crippen molar-refractivity contribution in [2.75, 3.05) is 14.2 Å². The highest BCUT2D eigenvalue weighted by atomic mass is 19.1. The van der Waals surface area contributed by atoms with Crippen molar-refractivity contribution in [3.05, 3.63) is 113 Å². The second-order valence-electron chi connectivity index (χ2n) is 8.65. The number of aromatic nitrogens is 1. The smallest absolute Gasteiger partial charge is 0.408 e. The zero-order valence-electron chi connectivity index (χ0n) is 21.5. The van der Waals surface area contributed by atoms with Gasteiger partial charge in [-0.05, 0) is 47.9 Å². The summed E-state index contributed by atoms with van der Waals surface area (Å²) in [5, 5.41) is 2.53. The molecule has 3 aromatic rings. The van der Waals surface area contributed by atoms with E-state index >= 15 is 4.39 Å². The van der Waals surface area contributed by atoms with E-state index in [1.807, 2.05) is 24.3 Å². The lowest BCUT2D eigenvalue weighted by Crippen LogP contribution is -2.32.